The van der Waals surface area contributed by atoms with E-state index in [-0.39, 0.29) is 0 Å². The molecule has 0 aliphatic heterocycles. The molecule has 80 valence electrons. The Morgan fingerprint density at radius 2 is 1.69 bits per heavy atom. The summed E-state index contributed by atoms with van der Waals surface area (Å²) in [4.78, 5) is 2.41. The molecule has 0 saturated carbocycles. The maximum atomic E-state index is 5.60. The van der Waals surface area contributed by atoms with E-state index in [4.69, 9.17) is 5.73 Å². The predicted octanol–water partition coefficient (Wildman–Crippen LogP) is 1.95. The fourth-order valence-corrected chi connectivity index (χ4v) is 1.61. The largest absolute Gasteiger partial charge is 0.330 e. The van der Waals surface area contributed by atoms with Crippen LogP contribution in [-0.2, 0) is 0 Å². The van der Waals surface area contributed by atoms with Crippen LogP contribution in [0.15, 0.2) is 0 Å². The Morgan fingerprint density at radius 1 is 1.15 bits per heavy atom. The molecule has 2 heteroatoms. The molecule has 2 N–H and O–H groups in total. The predicted molar refractivity (Wildman–Crippen MR) is 59.8 cm³/mol. The van der Waals surface area contributed by atoms with Crippen molar-refractivity contribution in [2.75, 3.05) is 20.1 Å². The molecule has 0 aromatic carbocycles. The van der Waals surface area contributed by atoms with E-state index < -0.39 is 0 Å². The first-order valence-corrected chi connectivity index (χ1v) is 5.37. The van der Waals surface area contributed by atoms with E-state index in [1.54, 1.807) is 0 Å². The standard InChI is InChI=1S/C11H26N2/c1-9(2)6-11(4)13(5)8-10(3)7-12/h9-11H,6-8,12H2,1-5H3. The molecule has 0 aliphatic rings. The molecule has 2 nitrogen and oxygen atoms in total. The summed E-state index contributed by atoms with van der Waals surface area (Å²) in [6.07, 6.45) is 1.27. The lowest BCUT2D eigenvalue weighted by Gasteiger charge is -2.28. The first-order valence-electron chi connectivity index (χ1n) is 5.37. The van der Waals surface area contributed by atoms with Gasteiger partial charge in [-0.05, 0) is 38.8 Å². The minimum absolute atomic E-state index is 0.611. The fourth-order valence-electron chi connectivity index (χ4n) is 1.61. The number of hydrogen-bond donors (Lipinski definition) is 1. The monoisotopic (exact) mass is 186 g/mol. The van der Waals surface area contributed by atoms with Crippen LogP contribution in [0.3, 0.4) is 0 Å². The Hall–Kier alpha value is -0.0800. The summed E-state index contributed by atoms with van der Waals surface area (Å²) in [5.41, 5.74) is 5.60. The zero-order valence-electron chi connectivity index (χ0n) is 9.88. The Kier molecular flexibility index (Phi) is 6.35. The second-order valence-electron chi connectivity index (χ2n) is 4.76. The quantitative estimate of drug-likeness (QED) is 0.687. The second-order valence-corrected chi connectivity index (χ2v) is 4.76. The third-order valence-electron chi connectivity index (χ3n) is 2.57. The lowest BCUT2D eigenvalue weighted by Crippen LogP contribution is -2.35. The fraction of sp³-hybridized carbons (Fsp3) is 1.00. The van der Waals surface area contributed by atoms with Crippen LogP contribution in [0, 0.1) is 11.8 Å². The molecule has 0 amide bonds. The summed E-state index contributed by atoms with van der Waals surface area (Å²) in [7, 11) is 2.19. The van der Waals surface area contributed by atoms with Gasteiger partial charge < -0.3 is 10.6 Å². The van der Waals surface area contributed by atoms with Gasteiger partial charge in [-0.25, -0.2) is 0 Å². The summed E-state index contributed by atoms with van der Waals surface area (Å²) in [6, 6.07) is 0.675. The number of rotatable bonds is 6. The van der Waals surface area contributed by atoms with Gasteiger partial charge in [0.15, 0.2) is 0 Å². The SMILES string of the molecule is CC(C)CC(C)N(C)CC(C)CN. The average molecular weight is 186 g/mol. The third kappa shape index (κ3) is 6.05. The summed E-state index contributed by atoms with van der Waals surface area (Å²) >= 11 is 0. The maximum Gasteiger partial charge on any atom is 0.00664 e. The molecule has 0 radical (unpaired) electrons. The van der Waals surface area contributed by atoms with E-state index in [0.29, 0.717) is 12.0 Å². The normalized spacial score (nSPS) is 16.6. The van der Waals surface area contributed by atoms with Crippen LogP contribution in [0.25, 0.3) is 0 Å². The minimum atomic E-state index is 0.611. The van der Waals surface area contributed by atoms with Crippen molar-refractivity contribution in [2.45, 2.75) is 40.2 Å². The van der Waals surface area contributed by atoms with Gasteiger partial charge in [0, 0.05) is 12.6 Å². The van der Waals surface area contributed by atoms with Gasteiger partial charge in [-0.15, -0.1) is 0 Å². The molecule has 0 aromatic heterocycles. The van der Waals surface area contributed by atoms with Gasteiger partial charge in [0.25, 0.3) is 0 Å². The van der Waals surface area contributed by atoms with Crippen molar-refractivity contribution in [1.29, 1.82) is 0 Å². The number of nitrogens with two attached hydrogens (primary N) is 1. The van der Waals surface area contributed by atoms with Crippen LogP contribution in [0.2, 0.25) is 0 Å². The topological polar surface area (TPSA) is 29.3 Å². The van der Waals surface area contributed by atoms with E-state index in [0.717, 1.165) is 19.0 Å². The highest BCUT2D eigenvalue weighted by atomic mass is 15.1. The summed E-state index contributed by atoms with van der Waals surface area (Å²) in [5, 5.41) is 0. The van der Waals surface area contributed by atoms with Gasteiger partial charge >= 0.3 is 0 Å². The van der Waals surface area contributed by atoms with Gasteiger partial charge in [-0.2, -0.15) is 0 Å². The van der Waals surface area contributed by atoms with Crippen LogP contribution in [-0.4, -0.2) is 31.1 Å². The van der Waals surface area contributed by atoms with E-state index >= 15 is 0 Å². The highest BCUT2D eigenvalue weighted by molar-refractivity contribution is 4.67. The molecule has 0 aromatic rings. The van der Waals surface area contributed by atoms with Crippen LogP contribution in [0.1, 0.15) is 34.1 Å². The van der Waals surface area contributed by atoms with Gasteiger partial charge in [0.1, 0.15) is 0 Å². The lowest BCUT2D eigenvalue weighted by atomic mass is 10.0. The minimum Gasteiger partial charge on any atom is -0.330 e. The van der Waals surface area contributed by atoms with E-state index in [1.165, 1.54) is 6.42 Å². The molecule has 0 aliphatic carbocycles. The van der Waals surface area contributed by atoms with E-state index in [2.05, 4.69) is 39.6 Å². The smallest absolute Gasteiger partial charge is 0.00664 e. The molecule has 0 spiro atoms. The van der Waals surface area contributed by atoms with E-state index in [9.17, 15) is 0 Å². The number of nitrogens with zero attached hydrogens (tertiary/aromatic N) is 1. The van der Waals surface area contributed by atoms with Crippen LogP contribution in [0.5, 0.6) is 0 Å². The van der Waals surface area contributed by atoms with Crippen molar-refractivity contribution in [3.8, 4) is 0 Å². The summed E-state index contributed by atoms with van der Waals surface area (Å²) in [5.74, 6) is 1.39. The zero-order valence-corrected chi connectivity index (χ0v) is 9.88. The summed E-state index contributed by atoms with van der Waals surface area (Å²) in [6.45, 7) is 11.0. The highest BCUT2D eigenvalue weighted by Gasteiger charge is 2.12. The summed E-state index contributed by atoms with van der Waals surface area (Å²) < 4.78 is 0. The van der Waals surface area contributed by atoms with Gasteiger partial charge in [-0.3, -0.25) is 0 Å². The van der Waals surface area contributed by atoms with Gasteiger partial charge in [0.05, 0.1) is 0 Å². The van der Waals surface area contributed by atoms with Crippen molar-refractivity contribution >= 4 is 0 Å². The molecule has 0 heterocycles. The molecular weight excluding hydrogens is 160 g/mol. The average Bonchev–Trinajstić information content (AvgIpc) is 2.02. The molecule has 13 heavy (non-hydrogen) atoms. The Bertz CT molecular complexity index is 123. The van der Waals surface area contributed by atoms with Crippen molar-refractivity contribution in [3.63, 3.8) is 0 Å². The lowest BCUT2D eigenvalue weighted by molar-refractivity contribution is 0.203. The molecule has 0 saturated heterocycles. The second kappa shape index (κ2) is 6.39. The molecule has 2 unspecified atom stereocenters. The molecular formula is C11H26N2. The molecule has 0 rings (SSSR count). The zero-order chi connectivity index (χ0) is 10.4. The first-order chi connectivity index (χ1) is 5.97. The Morgan fingerprint density at radius 3 is 2.08 bits per heavy atom. The number of hydrogen-bond acceptors (Lipinski definition) is 2. The van der Waals surface area contributed by atoms with Crippen molar-refractivity contribution in [2.24, 2.45) is 17.6 Å². The van der Waals surface area contributed by atoms with E-state index in [1.807, 2.05) is 0 Å². The van der Waals surface area contributed by atoms with Gasteiger partial charge in [-0.1, -0.05) is 20.8 Å². The molecule has 0 fully saturated rings. The van der Waals surface area contributed by atoms with Gasteiger partial charge in [0.2, 0.25) is 0 Å². The Labute approximate surface area is 83.5 Å². The van der Waals surface area contributed by atoms with Crippen molar-refractivity contribution in [1.82, 2.24) is 4.90 Å². The van der Waals surface area contributed by atoms with Crippen LogP contribution < -0.4 is 5.73 Å². The van der Waals surface area contributed by atoms with Crippen LogP contribution in [0.4, 0.5) is 0 Å². The molecule has 2 atom stereocenters. The maximum absolute atomic E-state index is 5.60. The molecule has 0 bridgehead atoms. The van der Waals surface area contributed by atoms with Crippen LogP contribution >= 0.6 is 0 Å². The Balaban J connectivity index is 3.74. The highest BCUT2D eigenvalue weighted by Crippen LogP contribution is 2.10. The van der Waals surface area contributed by atoms with Crippen molar-refractivity contribution < 1.29 is 0 Å². The third-order valence-corrected chi connectivity index (χ3v) is 2.57. The first kappa shape index (κ1) is 12.9. The van der Waals surface area contributed by atoms with Crippen molar-refractivity contribution in [3.05, 3.63) is 0 Å².